The lowest BCUT2D eigenvalue weighted by Gasteiger charge is -2.45. The first-order valence-corrected chi connectivity index (χ1v) is 10.4. The van der Waals surface area contributed by atoms with Gasteiger partial charge in [-0.3, -0.25) is 4.90 Å². The third kappa shape index (κ3) is 5.25. The molecule has 2 heterocycles. The van der Waals surface area contributed by atoms with E-state index in [4.69, 9.17) is 4.74 Å². The highest BCUT2D eigenvalue weighted by Gasteiger charge is 2.35. The smallest absolute Gasteiger partial charge is 0.338 e. The molecule has 0 aliphatic carbocycles. The molecule has 2 rings (SSSR count). The van der Waals surface area contributed by atoms with Crippen LogP contribution < -0.4 is 0 Å². The predicted octanol–water partition coefficient (Wildman–Crippen LogP) is 2.36. The van der Waals surface area contributed by atoms with Crippen LogP contribution >= 0.6 is 11.8 Å². The molecule has 6 nitrogen and oxygen atoms in total. The van der Waals surface area contributed by atoms with E-state index in [-0.39, 0.29) is 6.17 Å². The zero-order valence-electron chi connectivity index (χ0n) is 16.3. The maximum atomic E-state index is 11.9. The van der Waals surface area contributed by atoms with Gasteiger partial charge in [0, 0.05) is 19.6 Å². The van der Waals surface area contributed by atoms with E-state index in [1.807, 2.05) is 19.9 Å². The molecule has 1 fully saturated rings. The number of hydrogen-bond donors (Lipinski definition) is 2. The summed E-state index contributed by atoms with van der Waals surface area (Å²) in [5, 5.41) is 21.1. The van der Waals surface area contributed by atoms with Gasteiger partial charge in [0.2, 0.25) is 0 Å². The summed E-state index contributed by atoms with van der Waals surface area (Å²) in [5.41, 5.74) is 1.15. The van der Waals surface area contributed by atoms with Crippen molar-refractivity contribution in [2.45, 2.75) is 46.4 Å². The highest BCUT2D eigenvalue weighted by Crippen LogP contribution is 2.36. The number of aliphatic carboxylic acids is 1. The Bertz CT molecular complexity index is 556. The minimum absolute atomic E-state index is 0.0436. The number of carboxylic acids is 1. The number of β-amino-alcohol motifs (C(OH)–C–C–N with tert-alkyl or cyclic N) is 1. The molecule has 2 unspecified atom stereocenters. The molecule has 0 spiro atoms. The zero-order chi connectivity index (χ0) is 19.3. The van der Waals surface area contributed by atoms with E-state index in [1.165, 1.54) is 0 Å². The Kier molecular flexibility index (Phi) is 8.01. The molecular formula is C19H32N2O4S. The first-order chi connectivity index (χ1) is 12.3. The highest BCUT2D eigenvalue weighted by atomic mass is 32.2. The molecule has 1 saturated heterocycles. The van der Waals surface area contributed by atoms with Crippen LogP contribution in [0.1, 0.15) is 34.1 Å². The van der Waals surface area contributed by atoms with E-state index in [1.54, 1.807) is 11.8 Å². The molecule has 26 heavy (non-hydrogen) atoms. The third-order valence-corrected chi connectivity index (χ3v) is 5.65. The van der Waals surface area contributed by atoms with Gasteiger partial charge in [-0.2, -0.15) is 0 Å². The van der Waals surface area contributed by atoms with Crippen molar-refractivity contribution in [3.63, 3.8) is 0 Å². The molecular weight excluding hydrogens is 352 g/mol. The monoisotopic (exact) mass is 384 g/mol. The molecule has 2 N–H and O–H groups in total. The number of nitrogens with zero attached hydrogens (tertiary/aromatic N) is 2. The molecule has 2 atom stereocenters. The number of ether oxygens (including phenoxy) is 1. The van der Waals surface area contributed by atoms with Crippen LogP contribution in [0.4, 0.5) is 0 Å². The molecule has 2 aliphatic rings. The van der Waals surface area contributed by atoms with Gasteiger partial charge in [-0.15, -0.1) is 11.8 Å². The number of rotatable bonds is 8. The molecule has 0 saturated carbocycles. The second-order valence-electron chi connectivity index (χ2n) is 7.27. The van der Waals surface area contributed by atoms with Crippen molar-refractivity contribution in [3.05, 3.63) is 22.3 Å². The minimum Gasteiger partial charge on any atom is -0.478 e. The van der Waals surface area contributed by atoms with E-state index >= 15 is 0 Å². The predicted molar refractivity (Wildman–Crippen MR) is 105 cm³/mol. The molecule has 0 amide bonds. The topological polar surface area (TPSA) is 73.2 Å². The largest absolute Gasteiger partial charge is 0.478 e. The van der Waals surface area contributed by atoms with Crippen molar-refractivity contribution in [1.29, 1.82) is 0 Å². The fourth-order valence-electron chi connectivity index (χ4n) is 3.56. The van der Waals surface area contributed by atoms with Gasteiger partial charge in [0.15, 0.2) is 0 Å². The second-order valence-corrected chi connectivity index (χ2v) is 8.52. The average molecular weight is 385 g/mol. The van der Waals surface area contributed by atoms with Crippen LogP contribution in [-0.2, 0) is 9.53 Å². The van der Waals surface area contributed by atoms with Crippen molar-refractivity contribution in [3.8, 4) is 0 Å². The van der Waals surface area contributed by atoms with Gasteiger partial charge in [0.05, 0.1) is 29.9 Å². The summed E-state index contributed by atoms with van der Waals surface area (Å²) in [5.74, 6) is 0.268. The Hall–Kier alpha value is -1.02. The van der Waals surface area contributed by atoms with Crippen molar-refractivity contribution in [1.82, 2.24) is 9.80 Å². The highest BCUT2D eigenvalue weighted by molar-refractivity contribution is 8.03. The SMILES string of the molecule is CCSC1=C(C(=O)O)C(C)=CC(N2CCOCC2)N1CC(O)CC(C)C. The third-order valence-electron chi connectivity index (χ3n) is 4.65. The minimum atomic E-state index is -0.904. The normalized spacial score (nSPS) is 23.4. The maximum Gasteiger partial charge on any atom is 0.338 e. The summed E-state index contributed by atoms with van der Waals surface area (Å²) in [6, 6.07) is 0. The Morgan fingerprint density at radius 3 is 2.58 bits per heavy atom. The molecule has 0 aromatic heterocycles. The van der Waals surface area contributed by atoms with Crippen LogP contribution in [0, 0.1) is 5.92 Å². The first-order valence-electron chi connectivity index (χ1n) is 9.40. The van der Waals surface area contributed by atoms with E-state index < -0.39 is 12.1 Å². The van der Waals surface area contributed by atoms with Crippen molar-refractivity contribution < 1.29 is 19.7 Å². The number of carbonyl (C=O) groups is 1. The fraction of sp³-hybridized carbons (Fsp3) is 0.737. The molecule has 7 heteroatoms. The molecule has 0 radical (unpaired) electrons. The molecule has 2 aliphatic heterocycles. The van der Waals surface area contributed by atoms with Crippen LogP contribution in [0.15, 0.2) is 22.3 Å². The summed E-state index contributed by atoms with van der Waals surface area (Å²) in [6.45, 7) is 11.5. The van der Waals surface area contributed by atoms with Gasteiger partial charge in [0.25, 0.3) is 0 Å². The van der Waals surface area contributed by atoms with Gasteiger partial charge in [-0.05, 0) is 36.7 Å². The lowest BCUT2D eigenvalue weighted by atomic mass is 10.0. The van der Waals surface area contributed by atoms with Crippen molar-refractivity contribution in [2.24, 2.45) is 5.92 Å². The van der Waals surface area contributed by atoms with E-state index in [9.17, 15) is 15.0 Å². The lowest BCUT2D eigenvalue weighted by molar-refractivity contribution is -0.132. The van der Waals surface area contributed by atoms with Crippen LogP contribution in [-0.4, -0.2) is 76.9 Å². The Morgan fingerprint density at radius 1 is 1.38 bits per heavy atom. The van der Waals surface area contributed by atoms with Gasteiger partial charge < -0.3 is 19.8 Å². The second kappa shape index (κ2) is 9.78. The van der Waals surface area contributed by atoms with E-state index in [0.717, 1.165) is 29.4 Å². The van der Waals surface area contributed by atoms with E-state index in [0.29, 0.717) is 37.7 Å². The summed E-state index contributed by atoms with van der Waals surface area (Å²) >= 11 is 1.54. The zero-order valence-corrected chi connectivity index (χ0v) is 17.1. The summed E-state index contributed by atoms with van der Waals surface area (Å²) in [6.07, 6.45) is 2.18. The van der Waals surface area contributed by atoms with Gasteiger partial charge in [-0.25, -0.2) is 4.79 Å². The summed E-state index contributed by atoms with van der Waals surface area (Å²) in [4.78, 5) is 16.3. The van der Waals surface area contributed by atoms with Crippen LogP contribution in [0.2, 0.25) is 0 Å². The summed E-state index contributed by atoms with van der Waals surface area (Å²) < 4.78 is 5.48. The fourth-order valence-corrected chi connectivity index (χ4v) is 4.58. The molecule has 148 valence electrons. The van der Waals surface area contributed by atoms with E-state index in [2.05, 4.69) is 23.6 Å². The molecule has 0 aromatic carbocycles. The van der Waals surface area contributed by atoms with Gasteiger partial charge >= 0.3 is 5.97 Å². The number of morpholine rings is 1. The number of aliphatic hydroxyl groups excluding tert-OH is 1. The Balaban J connectivity index is 2.37. The quantitative estimate of drug-likeness (QED) is 0.665. The van der Waals surface area contributed by atoms with Crippen molar-refractivity contribution in [2.75, 3.05) is 38.6 Å². The number of hydrogen-bond acceptors (Lipinski definition) is 6. The Morgan fingerprint density at radius 2 is 2.04 bits per heavy atom. The van der Waals surface area contributed by atoms with Crippen molar-refractivity contribution >= 4 is 17.7 Å². The van der Waals surface area contributed by atoms with Crippen LogP contribution in [0.5, 0.6) is 0 Å². The van der Waals surface area contributed by atoms with Crippen LogP contribution in [0.25, 0.3) is 0 Å². The Labute approximate surface area is 160 Å². The average Bonchev–Trinajstić information content (AvgIpc) is 2.57. The van der Waals surface area contributed by atoms with Gasteiger partial charge in [0.1, 0.15) is 6.17 Å². The summed E-state index contributed by atoms with van der Waals surface area (Å²) in [7, 11) is 0. The first kappa shape index (κ1) is 21.3. The lowest BCUT2D eigenvalue weighted by Crippen LogP contribution is -2.54. The maximum absolute atomic E-state index is 11.9. The van der Waals surface area contributed by atoms with Crippen LogP contribution in [0.3, 0.4) is 0 Å². The van der Waals surface area contributed by atoms with Gasteiger partial charge in [-0.1, -0.05) is 20.8 Å². The molecule has 0 aromatic rings. The molecule has 0 bridgehead atoms. The standard InChI is InChI=1S/C19H32N2O4S/c1-5-26-18-17(19(23)24)14(4)11-16(20-6-8-25-9-7-20)21(18)12-15(22)10-13(2)3/h11,13,15-16,22H,5-10,12H2,1-4H3,(H,23,24). The number of carboxylic acid groups (broad SMARTS) is 1. The number of aliphatic hydroxyl groups is 1. The number of thioether (sulfide) groups is 1.